The minimum Gasteiger partial charge on any atom is -0.504 e. The van der Waals surface area contributed by atoms with Crippen LogP contribution in [0.4, 0.5) is 0 Å². The Labute approximate surface area is 152 Å². The van der Waals surface area contributed by atoms with E-state index >= 15 is 0 Å². The molecule has 2 N–H and O–H groups in total. The molecular formula is C21H33NO3. The average Bonchev–Trinajstić information content (AvgIpc) is 2.61. The Morgan fingerprint density at radius 3 is 2.48 bits per heavy atom. The summed E-state index contributed by atoms with van der Waals surface area (Å²) in [7, 11) is 1.49. The lowest BCUT2D eigenvalue weighted by Gasteiger charge is -2.06. The highest BCUT2D eigenvalue weighted by atomic mass is 16.5. The van der Waals surface area contributed by atoms with Crippen LogP contribution in [0.1, 0.15) is 70.3 Å². The van der Waals surface area contributed by atoms with Crippen molar-refractivity contribution in [3.63, 3.8) is 0 Å². The van der Waals surface area contributed by atoms with Gasteiger partial charge in [0.25, 0.3) is 0 Å². The minimum atomic E-state index is -0.0695. The van der Waals surface area contributed by atoms with Crippen molar-refractivity contribution in [2.45, 2.75) is 71.1 Å². The fraction of sp³-hybridized carbons (Fsp3) is 0.571. The summed E-state index contributed by atoms with van der Waals surface area (Å²) >= 11 is 0. The second-order valence-electron chi connectivity index (χ2n) is 6.42. The van der Waals surface area contributed by atoms with Gasteiger partial charge in [0.2, 0.25) is 5.91 Å². The summed E-state index contributed by atoms with van der Waals surface area (Å²) < 4.78 is 5.04. The highest BCUT2D eigenvalue weighted by Crippen LogP contribution is 2.26. The molecule has 0 saturated heterocycles. The van der Waals surface area contributed by atoms with Gasteiger partial charge < -0.3 is 15.2 Å². The monoisotopic (exact) mass is 347 g/mol. The van der Waals surface area contributed by atoms with Crippen molar-refractivity contribution in [1.29, 1.82) is 0 Å². The number of ether oxygens (including phenoxy) is 1. The number of nitrogens with one attached hydrogen (secondary N) is 1. The molecule has 0 fully saturated rings. The Balaban J connectivity index is 2.10. The third-order valence-electron chi connectivity index (χ3n) is 4.20. The largest absolute Gasteiger partial charge is 0.504 e. The van der Waals surface area contributed by atoms with Gasteiger partial charge in [0, 0.05) is 0 Å². The molecule has 0 bridgehead atoms. The number of phenols is 1. The fourth-order valence-corrected chi connectivity index (χ4v) is 2.70. The van der Waals surface area contributed by atoms with Crippen LogP contribution in [0.5, 0.6) is 11.5 Å². The van der Waals surface area contributed by atoms with Crippen molar-refractivity contribution < 1.29 is 14.6 Å². The molecule has 0 aliphatic rings. The van der Waals surface area contributed by atoms with E-state index in [1.165, 1.54) is 58.5 Å². The second kappa shape index (κ2) is 13.3. The number of carbonyl (C=O) groups is 1. The first-order valence-electron chi connectivity index (χ1n) is 9.47. The van der Waals surface area contributed by atoms with Crippen molar-refractivity contribution in [3.05, 3.63) is 36.0 Å². The van der Waals surface area contributed by atoms with E-state index < -0.39 is 0 Å². The number of rotatable bonds is 13. The number of amides is 1. The zero-order chi connectivity index (χ0) is 18.3. The molecule has 0 aliphatic heterocycles. The van der Waals surface area contributed by atoms with Gasteiger partial charge in [-0.05, 0) is 36.7 Å². The number of allylic oxidation sites excluding steroid dienone is 1. The van der Waals surface area contributed by atoms with Gasteiger partial charge in [-0.1, -0.05) is 64.0 Å². The molecule has 0 aromatic heterocycles. The Kier molecular flexibility index (Phi) is 11.2. The first kappa shape index (κ1) is 21.1. The van der Waals surface area contributed by atoms with Crippen LogP contribution in [0.15, 0.2) is 30.5 Å². The second-order valence-corrected chi connectivity index (χ2v) is 6.42. The van der Waals surface area contributed by atoms with E-state index in [4.69, 9.17) is 4.74 Å². The molecule has 1 aromatic carbocycles. The number of phenolic OH excluding ortho intramolecular Hbond substituents is 1. The van der Waals surface area contributed by atoms with E-state index in [0.717, 1.165) is 12.0 Å². The summed E-state index contributed by atoms with van der Waals surface area (Å²) in [4.78, 5) is 11.9. The lowest BCUT2D eigenvalue weighted by molar-refractivity contribution is -0.119. The van der Waals surface area contributed by atoms with Crippen LogP contribution in [-0.4, -0.2) is 18.1 Å². The van der Waals surface area contributed by atoms with Gasteiger partial charge in [0.15, 0.2) is 11.5 Å². The molecule has 1 aromatic rings. The first-order chi connectivity index (χ1) is 12.2. The molecule has 0 unspecified atom stereocenters. The zero-order valence-electron chi connectivity index (χ0n) is 15.7. The molecule has 0 saturated carbocycles. The van der Waals surface area contributed by atoms with E-state index in [1.807, 2.05) is 6.08 Å². The number of hydrogen-bond donors (Lipinski definition) is 2. The average molecular weight is 347 g/mol. The van der Waals surface area contributed by atoms with Crippen LogP contribution in [-0.2, 0) is 11.2 Å². The Bertz CT molecular complexity index is 526. The minimum absolute atomic E-state index is 0.0695. The lowest BCUT2D eigenvalue weighted by atomic mass is 10.1. The number of hydrogen-bond acceptors (Lipinski definition) is 3. The van der Waals surface area contributed by atoms with E-state index in [2.05, 4.69) is 12.2 Å². The molecule has 4 heteroatoms. The van der Waals surface area contributed by atoms with Crippen LogP contribution in [0, 0.1) is 0 Å². The molecule has 0 atom stereocenters. The summed E-state index contributed by atoms with van der Waals surface area (Å²) in [5, 5.41) is 12.3. The lowest BCUT2D eigenvalue weighted by Crippen LogP contribution is -2.19. The van der Waals surface area contributed by atoms with Crippen LogP contribution in [0.2, 0.25) is 0 Å². The van der Waals surface area contributed by atoms with Crippen molar-refractivity contribution in [2.24, 2.45) is 0 Å². The molecule has 1 amide bonds. The maximum absolute atomic E-state index is 11.9. The maximum Gasteiger partial charge on any atom is 0.228 e. The third-order valence-corrected chi connectivity index (χ3v) is 4.20. The normalized spacial score (nSPS) is 11.0. The molecular weight excluding hydrogens is 314 g/mol. The van der Waals surface area contributed by atoms with Crippen molar-refractivity contribution >= 4 is 5.91 Å². The quantitative estimate of drug-likeness (QED) is 0.488. The highest BCUT2D eigenvalue weighted by Gasteiger charge is 2.06. The Morgan fingerprint density at radius 1 is 1.12 bits per heavy atom. The van der Waals surface area contributed by atoms with Gasteiger partial charge in [0.05, 0.1) is 13.5 Å². The van der Waals surface area contributed by atoms with E-state index in [1.54, 1.807) is 24.4 Å². The van der Waals surface area contributed by atoms with Gasteiger partial charge >= 0.3 is 0 Å². The van der Waals surface area contributed by atoms with Crippen LogP contribution < -0.4 is 10.1 Å². The number of benzene rings is 1. The molecule has 1 rings (SSSR count). The third kappa shape index (κ3) is 9.80. The van der Waals surface area contributed by atoms with E-state index in [0.29, 0.717) is 5.75 Å². The predicted molar refractivity (Wildman–Crippen MR) is 103 cm³/mol. The summed E-state index contributed by atoms with van der Waals surface area (Å²) in [6, 6.07) is 4.94. The van der Waals surface area contributed by atoms with Crippen LogP contribution in [0.3, 0.4) is 0 Å². The molecule has 0 aliphatic carbocycles. The van der Waals surface area contributed by atoms with Gasteiger partial charge in [0.1, 0.15) is 0 Å². The van der Waals surface area contributed by atoms with Gasteiger partial charge in [-0.3, -0.25) is 4.79 Å². The molecule has 4 nitrogen and oxygen atoms in total. The smallest absolute Gasteiger partial charge is 0.228 e. The van der Waals surface area contributed by atoms with Gasteiger partial charge in [-0.25, -0.2) is 0 Å². The maximum atomic E-state index is 11.9. The molecule has 0 radical (unpaired) electrons. The number of methoxy groups -OCH3 is 1. The summed E-state index contributed by atoms with van der Waals surface area (Å²) in [5.74, 6) is 0.396. The standard InChI is InChI=1S/C21H33NO3/c1-3-4-5-6-7-8-9-10-11-12-15-22-21(24)17-18-13-14-19(23)20(16-18)25-2/h12-16,23H,3-11,17H2,1-2H3,(H,22,24). The summed E-state index contributed by atoms with van der Waals surface area (Å²) in [5.41, 5.74) is 0.809. The first-order valence-corrected chi connectivity index (χ1v) is 9.47. The summed E-state index contributed by atoms with van der Waals surface area (Å²) in [6.45, 7) is 2.24. The van der Waals surface area contributed by atoms with Crippen molar-refractivity contribution in [1.82, 2.24) is 5.32 Å². The van der Waals surface area contributed by atoms with Gasteiger partial charge in [-0.15, -0.1) is 0 Å². The van der Waals surface area contributed by atoms with Crippen molar-refractivity contribution in [2.75, 3.05) is 7.11 Å². The zero-order valence-corrected chi connectivity index (χ0v) is 15.7. The Morgan fingerprint density at radius 2 is 1.80 bits per heavy atom. The molecule has 0 spiro atoms. The van der Waals surface area contributed by atoms with E-state index in [-0.39, 0.29) is 18.1 Å². The molecule has 0 heterocycles. The SMILES string of the molecule is CCCCCCCCCCC=CNC(=O)Cc1ccc(O)c(OC)c1. The molecule has 25 heavy (non-hydrogen) atoms. The van der Waals surface area contributed by atoms with E-state index in [9.17, 15) is 9.90 Å². The number of carbonyl (C=O) groups excluding carboxylic acids is 1. The van der Waals surface area contributed by atoms with Crippen molar-refractivity contribution in [3.8, 4) is 11.5 Å². The Hall–Kier alpha value is -1.97. The van der Waals surface area contributed by atoms with Crippen LogP contribution >= 0.6 is 0 Å². The van der Waals surface area contributed by atoms with Crippen LogP contribution in [0.25, 0.3) is 0 Å². The molecule has 140 valence electrons. The number of aromatic hydroxyl groups is 1. The predicted octanol–water partition coefficient (Wildman–Crippen LogP) is 5.10. The highest BCUT2D eigenvalue weighted by molar-refractivity contribution is 5.79. The van der Waals surface area contributed by atoms with Gasteiger partial charge in [-0.2, -0.15) is 0 Å². The summed E-state index contributed by atoms with van der Waals surface area (Å²) in [6.07, 6.45) is 15.5. The topological polar surface area (TPSA) is 58.6 Å². The number of unbranched alkanes of at least 4 members (excludes halogenated alkanes) is 8. The fourth-order valence-electron chi connectivity index (χ4n) is 2.70.